The summed E-state index contributed by atoms with van der Waals surface area (Å²) in [4.78, 5) is 25.5. The van der Waals surface area contributed by atoms with Crippen molar-refractivity contribution in [1.82, 2.24) is 5.32 Å². The molecule has 0 saturated carbocycles. The number of unbranched alkanes of at least 4 members (excludes halogenated alkanes) is 32. The molecule has 66 heavy (non-hydrogen) atoms. The lowest BCUT2D eigenvalue weighted by Gasteiger charge is -2.29. The molecule has 0 radical (unpaired) electrons. The summed E-state index contributed by atoms with van der Waals surface area (Å²) in [5, 5.41) is 13.9. The smallest absolute Gasteiger partial charge is 0.268 e. The molecule has 0 aliphatic rings. The molecule has 1 amide bonds. The van der Waals surface area contributed by atoms with Gasteiger partial charge in [0.25, 0.3) is 7.82 Å². The van der Waals surface area contributed by atoms with Crippen LogP contribution in [0.15, 0.2) is 48.6 Å². The van der Waals surface area contributed by atoms with Crippen molar-refractivity contribution in [2.24, 2.45) is 0 Å². The van der Waals surface area contributed by atoms with Crippen LogP contribution in [0.2, 0.25) is 0 Å². The summed E-state index contributed by atoms with van der Waals surface area (Å²) in [7, 11) is 1.25. The van der Waals surface area contributed by atoms with Gasteiger partial charge in [0.15, 0.2) is 0 Å². The molecule has 0 aromatic carbocycles. The summed E-state index contributed by atoms with van der Waals surface area (Å²) in [6, 6.07) is -0.904. The SMILES string of the molecule is CC/C=C\C/C=C\CCCCCCCCCCCCCCCCC(=O)NC(COP(=O)([O-])OCC[N+](C)(C)C)C(O)/C=C/CC/C=C/CCCCCCCCCCCCCCCCCCC. The van der Waals surface area contributed by atoms with E-state index in [4.69, 9.17) is 9.05 Å². The lowest BCUT2D eigenvalue weighted by molar-refractivity contribution is -0.870. The van der Waals surface area contributed by atoms with Gasteiger partial charge in [0, 0.05) is 6.42 Å². The number of amides is 1. The van der Waals surface area contributed by atoms with Crippen LogP contribution in [0, 0.1) is 0 Å². The summed E-state index contributed by atoms with van der Waals surface area (Å²) < 4.78 is 23.3. The first-order valence-electron chi connectivity index (χ1n) is 28.0. The number of phosphoric acid groups is 1. The Bertz CT molecular complexity index is 1210. The van der Waals surface area contributed by atoms with Crippen LogP contribution in [0.3, 0.4) is 0 Å². The maximum absolute atomic E-state index is 12.9. The fraction of sp³-hybridized carbons (Fsp3) is 0.842. The Morgan fingerprint density at radius 1 is 0.545 bits per heavy atom. The number of nitrogens with one attached hydrogen (secondary N) is 1. The number of quaternary nitrogens is 1. The van der Waals surface area contributed by atoms with Crippen molar-refractivity contribution < 1.29 is 32.9 Å². The minimum absolute atomic E-state index is 0.00648. The van der Waals surface area contributed by atoms with Gasteiger partial charge in [0.1, 0.15) is 13.2 Å². The maximum atomic E-state index is 12.9. The van der Waals surface area contributed by atoms with Gasteiger partial charge in [-0.05, 0) is 57.8 Å². The van der Waals surface area contributed by atoms with Gasteiger partial charge in [-0.3, -0.25) is 9.36 Å². The van der Waals surface area contributed by atoms with Crippen molar-refractivity contribution in [3.63, 3.8) is 0 Å². The number of nitrogens with zero attached hydrogens (tertiary/aromatic N) is 1. The van der Waals surface area contributed by atoms with Gasteiger partial charge in [-0.2, -0.15) is 0 Å². The fourth-order valence-corrected chi connectivity index (χ4v) is 8.87. The van der Waals surface area contributed by atoms with Gasteiger partial charge in [0.2, 0.25) is 5.91 Å². The summed E-state index contributed by atoms with van der Waals surface area (Å²) in [5.41, 5.74) is 0. The number of aliphatic hydroxyl groups is 1. The number of carbonyl (C=O) groups is 1. The van der Waals surface area contributed by atoms with Crippen molar-refractivity contribution in [2.75, 3.05) is 40.9 Å². The van der Waals surface area contributed by atoms with E-state index in [2.05, 4.69) is 55.6 Å². The monoisotopic (exact) mass is 949 g/mol. The Hall–Kier alpha value is -1.54. The first-order chi connectivity index (χ1) is 32.0. The summed E-state index contributed by atoms with van der Waals surface area (Å²) in [6.45, 7) is 4.55. The van der Waals surface area contributed by atoms with Crippen LogP contribution in [0.25, 0.3) is 0 Å². The largest absolute Gasteiger partial charge is 0.756 e. The molecule has 0 fully saturated rings. The van der Waals surface area contributed by atoms with Crippen molar-refractivity contribution in [2.45, 2.75) is 270 Å². The number of rotatable bonds is 51. The zero-order chi connectivity index (χ0) is 48.5. The quantitative estimate of drug-likeness (QED) is 0.0272. The van der Waals surface area contributed by atoms with Gasteiger partial charge < -0.3 is 28.8 Å². The molecule has 0 bridgehead atoms. The Kier molecular flexibility index (Phi) is 47.4. The second-order valence-corrected chi connectivity index (χ2v) is 21.7. The molecule has 0 aliphatic heterocycles. The number of aliphatic hydroxyl groups excluding tert-OH is 1. The summed E-state index contributed by atoms with van der Waals surface area (Å²) >= 11 is 0. The zero-order valence-electron chi connectivity index (χ0n) is 44.1. The van der Waals surface area contributed by atoms with Crippen LogP contribution in [-0.4, -0.2) is 68.5 Å². The second-order valence-electron chi connectivity index (χ2n) is 20.3. The third-order valence-electron chi connectivity index (χ3n) is 12.5. The predicted octanol–water partition coefficient (Wildman–Crippen LogP) is 16.1. The minimum atomic E-state index is -4.60. The summed E-state index contributed by atoms with van der Waals surface area (Å²) in [5.74, 6) is -0.206. The van der Waals surface area contributed by atoms with E-state index in [1.54, 1.807) is 6.08 Å². The number of carbonyl (C=O) groups excluding carboxylic acids is 1. The average molecular weight is 949 g/mol. The van der Waals surface area contributed by atoms with E-state index < -0.39 is 26.6 Å². The number of hydrogen-bond donors (Lipinski definition) is 2. The van der Waals surface area contributed by atoms with Crippen LogP contribution < -0.4 is 10.2 Å². The molecule has 0 heterocycles. The molecule has 3 atom stereocenters. The lowest BCUT2D eigenvalue weighted by Crippen LogP contribution is -2.45. The predicted molar refractivity (Wildman–Crippen MR) is 284 cm³/mol. The molecule has 3 unspecified atom stereocenters. The third-order valence-corrected chi connectivity index (χ3v) is 13.5. The normalized spacial score (nSPS) is 14.3. The Morgan fingerprint density at radius 2 is 0.939 bits per heavy atom. The molecular weight excluding hydrogens is 840 g/mol. The molecule has 388 valence electrons. The van der Waals surface area contributed by atoms with Crippen molar-refractivity contribution in [1.29, 1.82) is 0 Å². The van der Waals surface area contributed by atoms with Crippen LogP contribution in [-0.2, 0) is 18.4 Å². The Balaban J connectivity index is 4.27. The highest BCUT2D eigenvalue weighted by atomic mass is 31.2. The van der Waals surface area contributed by atoms with E-state index in [-0.39, 0.29) is 12.5 Å². The van der Waals surface area contributed by atoms with E-state index in [0.29, 0.717) is 17.4 Å². The minimum Gasteiger partial charge on any atom is -0.756 e. The molecule has 0 saturated heterocycles. The van der Waals surface area contributed by atoms with Gasteiger partial charge >= 0.3 is 0 Å². The number of hydrogen-bond acceptors (Lipinski definition) is 6. The topological polar surface area (TPSA) is 108 Å². The van der Waals surface area contributed by atoms with Gasteiger partial charge in [0.05, 0.1) is 39.9 Å². The fourth-order valence-electron chi connectivity index (χ4n) is 8.15. The highest BCUT2D eigenvalue weighted by molar-refractivity contribution is 7.45. The molecule has 9 heteroatoms. The first-order valence-corrected chi connectivity index (χ1v) is 29.5. The van der Waals surface area contributed by atoms with Crippen LogP contribution >= 0.6 is 7.82 Å². The molecule has 2 N–H and O–H groups in total. The molecule has 0 rings (SSSR count). The molecule has 0 aliphatic carbocycles. The van der Waals surface area contributed by atoms with Crippen LogP contribution in [0.5, 0.6) is 0 Å². The highest BCUT2D eigenvalue weighted by Gasteiger charge is 2.23. The first kappa shape index (κ1) is 64.5. The zero-order valence-corrected chi connectivity index (χ0v) is 45.0. The standard InChI is InChI=1S/C57H109N2O6P/c1-6-8-10-12-14-16-18-20-22-24-26-28-29-31-32-34-36-38-40-42-44-46-48-50-56(60)55(54-65-66(62,63)64-53-52-59(3,4)5)58-57(61)51-49-47-45-43-41-39-37-35-33-30-27-25-23-21-19-17-15-13-11-9-7-2/h9,11,15,17,40,42,48,50,55-56,60H,6-8,10,12-14,16,18-39,41,43-47,49,51-54H2,1-5H3,(H-,58,61,62,63)/b11-9-,17-15-,42-40+,50-48+. The van der Waals surface area contributed by atoms with Crippen LogP contribution in [0.1, 0.15) is 258 Å². The van der Waals surface area contributed by atoms with Crippen molar-refractivity contribution >= 4 is 13.7 Å². The average Bonchev–Trinajstić information content (AvgIpc) is 3.28. The van der Waals surface area contributed by atoms with Crippen molar-refractivity contribution in [3.05, 3.63) is 48.6 Å². The van der Waals surface area contributed by atoms with Gasteiger partial charge in [-0.15, -0.1) is 0 Å². The van der Waals surface area contributed by atoms with E-state index in [1.165, 1.54) is 186 Å². The Morgan fingerprint density at radius 3 is 1.39 bits per heavy atom. The molecule has 0 aromatic heterocycles. The molecule has 8 nitrogen and oxygen atoms in total. The van der Waals surface area contributed by atoms with Gasteiger partial charge in [-0.1, -0.05) is 242 Å². The second kappa shape index (κ2) is 48.5. The lowest BCUT2D eigenvalue weighted by atomic mass is 10.0. The maximum Gasteiger partial charge on any atom is 0.268 e. The number of likely N-dealkylation sites (N-methyl/N-ethyl adjacent to an activating group) is 1. The third kappa shape index (κ3) is 50.3. The number of allylic oxidation sites excluding steroid dienone is 7. The Labute approximate surface area is 409 Å². The molecule has 0 aromatic rings. The van der Waals surface area contributed by atoms with Gasteiger partial charge in [-0.25, -0.2) is 0 Å². The highest BCUT2D eigenvalue weighted by Crippen LogP contribution is 2.38. The van der Waals surface area contributed by atoms with E-state index >= 15 is 0 Å². The molecular formula is C57H109N2O6P. The van der Waals surface area contributed by atoms with Crippen LogP contribution in [0.4, 0.5) is 0 Å². The van der Waals surface area contributed by atoms with Crippen molar-refractivity contribution in [3.8, 4) is 0 Å². The van der Waals surface area contributed by atoms with E-state index in [9.17, 15) is 19.4 Å². The van der Waals surface area contributed by atoms with E-state index in [1.807, 2.05) is 27.2 Å². The number of phosphoric ester groups is 1. The molecule has 0 spiro atoms. The summed E-state index contributed by atoms with van der Waals surface area (Å²) in [6.07, 6.45) is 63.3. The van der Waals surface area contributed by atoms with E-state index in [0.717, 1.165) is 51.4 Å².